The molecule has 0 bridgehead atoms. The molecule has 0 N–H and O–H groups in total. The van der Waals surface area contributed by atoms with E-state index in [0.29, 0.717) is 6.04 Å². The fourth-order valence-corrected chi connectivity index (χ4v) is 5.07. The van der Waals surface area contributed by atoms with Gasteiger partial charge in [0.25, 0.3) is 0 Å². The number of halogens is 1. The van der Waals surface area contributed by atoms with Gasteiger partial charge in [0.15, 0.2) is 0 Å². The number of pyridine rings is 1. The van der Waals surface area contributed by atoms with Gasteiger partial charge < -0.3 is 4.90 Å². The minimum atomic E-state index is 0.344. The minimum Gasteiger partial charge on any atom is -0.301 e. The van der Waals surface area contributed by atoms with Crippen molar-refractivity contribution < 1.29 is 0 Å². The van der Waals surface area contributed by atoms with Crippen LogP contribution in [-0.4, -0.2) is 47.0 Å². The van der Waals surface area contributed by atoms with Crippen LogP contribution in [0.1, 0.15) is 45.2 Å². The summed E-state index contributed by atoms with van der Waals surface area (Å²) in [5.74, 6) is 0. The van der Waals surface area contributed by atoms with Crippen LogP contribution in [0.5, 0.6) is 0 Å². The summed E-state index contributed by atoms with van der Waals surface area (Å²) < 4.78 is 0. The highest BCUT2D eigenvalue weighted by Crippen LogP contribution is 2.34. The fourth-order valence-electron chi connectivity index (χ4n) is 4.91. The number of nitrogens with zero attached hydrogens (tertiary/aromatic N) is 3. The maximum absolute atomic E-state index is 6.32. The Labute approximate surface area is 185 Å². The van der Waals surface area contributed by atoms with Gasteiger partial charge in [-0.05, 0) is 56.6 Å². The van der Waals surface area contributed by atoms with Crippen molar-refractivity contribution in [3.8, 4) is 11.3 Å². The summed E-state index contributed by atoms with van der Waals surface area (Å²) in [6, 6.07) is 19.9. The van der Waals surface area contributed by atoms with Crippen molar-refractivity contribution in [2.45, 2.75) is 45.7 Å². The fraction of sp³-hybridized carbons (Fsp3) is 0.423. The van der Waals surface area contributed by atoms with Gasteiger partial charge in [0.05, 0.1) is 11.2 Å². The summed E-state index contributed by atoms with van der Waals surface area (Å²) in [7, 11) is 0. The minimum absolute atomic E-state index is 0.344. The standard InChI is InChI=1S/C26H32ClN3/c1-4-29(5-2)22-13-15-30(16-14-22)19(3)24-18-25(20-9-7-6-8-10-20)28-26-17-21(27)11-12-23(24)26/h6-12,17-19,22H,4-5,13-16H2,1-3H3. The number of fused-ring (bicyclic) bond motifs is 1. The van der Waals surface area contributed by atoms with Crippen LogP contribution in [0.4, 0.5) is 0 Å². The van der Waals surface area contributed by atoms with E-state index in [1.54, 1.807) is 0 Å². The molecule has 4 rings (SSSR count). The van der Waals surface area contributed by atoms with Gasteiger partial charge in [0, 0.05) is 41.1 Å². The Morgan fingerprint density at radius 2 is 1.73 bits per heavy atom. The third kappa shape index (κ3) is 4.39. The molecule has 158 valence electrons. The molecular formula is C26H32ClN3. The van der Waals surface area contributed by atoms with Crippen LogP contribution in [0.2, 0.25) is 5.02 Å². The SMILES string of the molecule is CCN(CC)C1CCN(C(C)c2cc(-c3ccccc3)nc3cc(Cl)ccc23)CC1. The molecule has 0 saturated carbocycles. The van der Waals surface area contributed by atoms with Crippen molar-refractivity contribution >= 4 is 22.5 Å². The van der Waals surface area contributed by atoms with Gasteiger partial charge in [0.1, 0.15) is 0 Å². The summed E-state index contributed by atoms with van der Waals surface area (Å²) in [6.45, 7) is 11.5. The second-order valence-corrected chi connectivity index (χ2v) is 8.72. The van der Waals surface area contributed by atoms with Crippen molar-refractivity contribution in [1.82, 2.24) is 14.8 Å². The molecule has 1 atom stereocenters. The van der Waals surface area contributed by atoms with Crippen molar-refractivity contribution in [2.24, 2.45) is 0 Å². The summed E-state index contributed by atoms with van der Waals surface area (Å²) >= 11 is 6.32. The van der Waals surface area contributed by atoms with Crippen molar-refractivity contribution in [3.63, 3.8) is 0 Å². The molecule has 30 heavy (non-hydrogen) atoms. The van der Waals surface area contributed by atoms with E-state index in [1.807, 2.05) is 18.2 Å². The van der Waals surface area contributed by atoms with Gasteiger partial charge in [-0.1, -0.05) is 61.8 Å². The van der Waals surface area contributed by atoms with E-state index in [0.717, 1.165) is 54.0 Å². The molecule has 0 amide bonds. The number of benzene rings is 2. The molecular weight excluding hydrogens is 390 g/mol. The molecule has 1 aromatic heterocycles. The van der Waals surface area contributed by atoms with E-state index in [4.69, 9.17) is 16.6 Å². The van der Waals surface area contributed by atoms with Gasteiger partial charge in [-0.3, -0.25) is 4.90 Å². The molecule has 1 saturated heterocycles. The van der Waals surface area contributed by atoms with Crippen LogP contribution < -0.4 is 0 Å². The van der Waals surface area contributed by atoms with Gasteiger partial charge in [-0.25, -0.2) is 4.98 Å². The maximum atomic E-state index is 6.32. The monoisotopic (exact) mass is 421 g/mol. The first-order valence-electron chi connectivity index (χ1n) is 11.2. The highest BCUT2D eigenvalue weighted by molar-refractivity contribution is 6.31. The smallest absolute Gasteiger partial charge is 0.0727 e. The summed E-state index contributed by atoms with van der Waals surface area (Å²) in [5.41, 5.74) is 4.49. The van der Waals surface area contributed by atoms with E-state index in [9.17, 15) is 0 Å². The number of rotatable bonds is 6. The van der Waals surface area contributed by atoms with Gasteiger partial charge >= 0.3 is 0 Å². The zero-order valence-corrected chi connectivity index (χ0v) is 19.1. The highest BCUT2D eigenvalue weighted by atomic mass is 35.5. The average Bonchev–Trinajstić information content (AvgIpc) is 2.79. The Kier molecular flexibility index (Phi) is 6.72. The zero-order chi connectivity index (χ0) is 21.1. The van der Waals surface area contributed by atoms with Crippen LogP contribution in [0.15, 0.2) is 54.6 Å². The maximum Gasteiger partial charge on any atom is 0.0727 e. The van der Waals surface area contributed by atoms with E-state index in [2.05, 4.69) is 67.0 Å². The van der Waals surface area contributed by atoms with Crippen molar-refractivity contribution in [3.05, 3.63) is 65.2 Å². The normalized spacial score (nSPS) is 17.0. The molecule has 0 radical (unpaired) electrons. The predicted molar refractivity (Wildman–Crippen MR) is 128 cm³/mol. The lowest BCUT2D eigenvalue weighted by Crippen LogP contribution is -2.45. The lowest BCUT2D eigenvalue weighted by atomic mass is 9.95. The first kappa shape index (κ1) is 21.3. The quantitative estimate of drug-likeness (QED) is 0.457. The number of piperidine rings is 1. The second kappa shape index (κ2) is 9.47. The van der Waals surface area contributed by atoms with Crippen molar-refractivity contribution in [1.29, 1.82) is 0 Å². The zero-order valence-electron chi connectivity index (χ0n) is 18.3. The molecule has 1 fully saturated rings. The topological polar surface area (TPSA) is 19.4 Å². The third-order valence-electron chi connectivity index (χ3n) is 6.70. The Morgan fingerprint density at radius 1 is 1.03 bits per heavy atom. The molecule has 1 unspecified atom stereocenters. The lowest BCUT2D eigenvalue weighted by Gasteiger charge is -2.40. The van der Waals surface area contributed by atoms with Crippen molar-refractivity contribution in [2.75, 3.05) is 26.2 Å². The summed E-state index contributed by atoms with van der Waals surface area (Å²) in [5, 5.41) is 1.94. The largest absolute Gasteiger partial charge is 0.301 e. The van der Waals surface area contributed by atoms with Gasteiger partial charge in [0.2, 0.25) is 0 Å². The van der Waals surface area contributed by atoms with E-state index in [1.165, 1.54) is 23.8 Å². The molecule has 0 aliphatic carbocycles. The molecule has 0 spiro atoms. The average molecular weight is 422 g/mol. The Hall–Kier alpha value is -1.94. The predicted octanol–water partition coefficient (Wildman–Crippen LogP) is 6.42. The number of likely N-dealkylation sites (tertiary alicyclic amines) is 1. The van der Waals surface area contributed by atoms with Crippen LogP contribution >= 0.6 is 11.6 Å². The molecule has 3 nitrogen and oxygen atoms in total. The number of aromatic nitrogens is 1. The van der Waals surface area contributed by atoms with Gasteiger partial charge in [-0.15, -0.1) is 0 Å². The van der Waals surface area contributed by atoms with E-state index >= 15 is 0 Å². The van der Waals surface area contributed by atoms with Crippen LogP contribution in [0.25, 0.3) is 22.2 Å². The van der Waals surface area contributed by atoms with Crippen LogP contribution in [0.3, 0.4) is 0 Å². The molecule has 4 heteroatoms. The van der Waals surface area contributed by atoms with Gasteiger partial charge in [-0.2, -0.15) is 0 Å². The number of hydrogen-bond acceptors (Lipinski definition) is 3. The molecule has 1 aliphatic rings. The van der Waals surface area contributed by atoms with Crippen LogP contribution in [-0.2, 0) is 0 Å². The number of hydrogen-bond donors (Lipinski definition) is 0. The van der Waals surface area contributed by atoms with E-state index in [-0.39, 0.29) is 0 Å². The molecule has 3 aromatic rings. The van der Waals surface area contributed by atoms with E-state index < -0.39 is 0 Å². The first-order valence-corrected chi connectivity index (χ1v) is 11.6. The summed E-state index contributed by atoms with van der Waals surface area (Å²) in [6.07, 6.45) is 2.48. The Balaban J connectivity index is 1.66. The molecule has 2 aromatic carbocycles. The Bertz CT molecular complexity index is 976. The van der Waals surface area contributed by atoms with Crippen LogP contribution in [0, 0.1) is 0 Å². The summed E-state index contributed by atoms with van der Waals surface area (Å²) in [4.78, 5) is 10.2. The third-order valence-corrected chi connectivity index (χ3v) is 6.93. The molecule has 1 aliphatic heterocycles. The Morgan fingerprint density at radius 3 is 2.40 bits per heavy atom. The highest BCUT2D eigenvalue weighted by Gasteiger charge is 2.27. The second-order valence-electron chi connectivity index (χ2n) is 8.29. The lowest BCUT2D eigenvalue weighted by molar-refractivity contribution is 0.0943. The molecule has 2 heterocycles. The first-order chi connectivity index (χ1) is 14.6.